The van der Waals surface area contributed by atoms with E-state index in [9.17, 15) is 4.79 Å². The third-order valence-corrected chi connectivity index (χ3v) is 1.84. The second-order valence-electron chi connectivity index (χ2n) is 2.52. The summed E-state index contributed by atoms with van der Waals surface area (Å²) in [7, 11) is 0. The summed E-state index contributed by atoms with van der Waals surface area (Å²) in [5, 5.41) is 0. The van der Waals surface area contributed by atoms with Crippen molar-refractivity contribution in [3.8, 4) is 0 Å². The quantitative estimate of drug-likeness (QED) is 0.508. The van der Waals surface area contributed by atoms with E-state index in [2.05, 4.69) is 0 Å². The molecule has 1 saturated heterocycles. The van der Waals surface area contributed by atoms with Crippen molar-refractivity contribution in [3.63, 3.8) is 0 Å². The van der Waals surface area contributed by atoms with Gasteiger partial charge < -0.3 is 10.6 Å². The number of carbonyl (C=O) groups excluding carboxylic acids is 1. The molecule has 3 heteroatoms. The van der Waals surface area contributed by atoms with Gasteiger partial charge in [0.2, 0.25) is 0 Å². The minimum absolute atomic E-state index is 0.278. The molecule has 9 heavy (non-hydrogen) atoms. The first-order valence-corrected chi connectivity index (χ1v) is 3.28. The lowest BCUT2D eigenvalue weighted by Gasteiger charge is -2.17. The Morgan fingerprint density at radius 3 is 2.67 bits per heavy atom. The van der Waals surface area contributed by atoms with Gasteiger partial charge in [-0.05, 0) is 19.8 Å². The molecule has 0 spiro atoms. The Morgan fingerprint density at radius 2 is 2.44 bits per heavy atom. The van der Waals surface area contributed by atoms with Gasteiger partial charge in [-0.3, -0.25) is 0 Å². The van der Waals surface area contributed by atoms with E-state index in [1.165, 1.54) is 0 Å². The number of primary amides is 1. The zero-order valence-corrected chi connectivity index (χ0v) is 5.63. The van der Waals surface area contributed by atoms with Crippen LogP contribution in [0.15, 0.2) is 0 Å². The molecule has 0 saturated carbocycles. The van der Waals surface area contributed by atoms with Crippen molar-refractivity contribution in [2.45, 2.75) is 25.8 Å². The Morgan fingerprint density at radius 1 is 1.78 bits per heavy atom. The highest BCUT2D eigenvalue weighted by molar-refractivity contribution is 5.72. The van der Waals surface area contributed by atoms with Crippen LogP contribution in [-0.2, 0) is 0 Å². The second kappa shape index (κ2) is 2.25. The van der Waals surface area contributed by atoms with E-state index in [1.807, 2.05) is 6.92 Å². The largest absolute Gasteiger partial charge is 0.351 e. The SMILES string of the molecule is CC1CCCN1C(N)=O. The van der Waals surface area contributed by atoms with Crippen molar-refractivity contribution in [3.05, 3.63) is 0 Å². The van der Waals surface area contributed by atoms with Crippen molar-refractivity contribution in [2.75, 3.05) is 6.54 Å². The molecule has 0 aromatic heterocycles. The summed E-state index contributed by atoms with van der Waals surface area (Å²) in [4.78, 5) is 12.3. The van der Waals surface area contributed by atoms with Crippen LogP contribution in [-0.4, -0.2) is 23.5 Å². The number of hydrogen-bond acceptors (Lipinski definition) is 1. The van der Waals surface area contributed by atoms with Crippen LogP contribution in [0.2, 0.25) is 0 Å². The summed E-state index contributed by atoms with van der Waals surface area (Å²) in [6.45, 7) is 2.87. The Balaban J connectivity index is 2.49. The third-order valence-electron chi connectivity index (χ3n) is 1.84. The topological polar surface area (TPSA) is 46.3 Å². The number of nitrogens with zero attached hydrogens (tertiary/aromatic N) is 1. The summed E-state index contributed by atoms with van der Waals surface area (Å²) >= 11 is 0. The van der Waals surface area contributed by atoms with Crippen molar-refractivity contribution >= 4 is 6.03 Å². The number of hydrogen-bond donors (Lipinski definition) is 1. The molecule has 2 N–H and O–H groups in total. The van der Waals surface area contributed by atoms with Crippen LogP contribution in [0.3, 0.4) is 0 Å². The van der Waals surface area contributed by atoms with E-state index in [0.717, 1.165) is 19.4 Å². The first-order valence-electron chi connectivity index (χ1n) is 3.28. The maximum Gasteiger partial charge on any atom is 0.315 e. The van der Waals surface area contributed by atoms with Gasteiger partial charge in [-0.1, -0.05) is 0 Å². The number of nitrogens with two attached hydrogens (primary N) is 1. The van der Waals surface area contributed by atoms with Crippen LogP contribution in [0.5, 0.6) is 0 Å². The smallest absolute Gasteiger partial charge is 0.315 e. The van der Waals surface area contributed by atoms with Gasteiger partial charge in [0.25, 0.3) is 0 Å². The molecule has 1 aliphatic rings. The maximum atomic E-state index is 10.6. The first-order chi connectivity index (χ1) is 4.22. The zero-order chi connectivity index (χ0) is 6.85. The highest BCUT2D eigenvalue weighted by Gasteiger charge is 2.22. The summed E-state index contributed by atoms with van der Waals surface area (Å²) < 4.78 is 0. The van der Waals surface area contributed by atoms with E-state index in [0.29, 0.717) is 6.04 Å². The highest BCUT2D eigenvalue weighted by Crippen LogP contribution is 2.14. The monoisotopic (exact) mass is 128 g/mol. The molecule has 1 aliphatic heterocycles. The summed E-state index contributed by atoms with van der Waals surface area (Å²) in [6.07, 6.45) is 2.20. The maximum absolute atomic E-state index is 10.6. The fourth-order valence-electron chi connectivity index (χ4n) is 1.26. The molecule has 52 valence electrons. The van der Waals surface area contributed by atoms with Crippen LogP contribution in [0.1, 0.15) is 19.8 Å². The molecule has 0 radical (unpaired) electrons. The van der Waals surface area contributed by atoms with E-state index < -0.39 is 0 Å². The molecule has 0 aromatic carbocycles. The molecular weight excluding hydrogens is 116 g/mol. The van der Waals surface area contributed by atoms with Gasteiger partial charge in [0, 0.05) is 12.6 Å². The molecule has 2 amide bonds. The molecule has 1 rings (SSSR count). The fourth-order valence-corrected chi connectivity index (χ4v) is 1.26. The minimum Gasteiger partial charge on any atom is -0.351 e. The van der Waals surface area contributed by atoms with Gasteiger partial charge in [-0.25, -0.2) is 4.79 Å². The van der Waals surface area contributed by atoms with Crippen LogP contribution >= 0.6 is 0 Å². The number of rotatable bonds is 0. The van der Waals surface area contributed by atoms with E-state index in [4.69, 9.17) is 5.73 Å². The third kappa shape index (κ3) is 1.15. The standard InChI is InChI=1S/C6H12N2O/c1-5-3-2-4-8(5)6(7)9/h5H,2-4H2,1H3,(H2,7,9). The molecule has 3 nitrogen and oxygen atoms in total. The van der Waals surface area contributed by atoms with Crippen LogP contribution in [0, 0.1) is 0 Å². The Labute approximate surface area is 54.8 Å². The molecule has 1 atom stereocenters. The molecule has 1 unspecified atom stereocenters. The average Bonchev–Trinajstić information content (AvgIpc) is 2.13. The normalized spacial score (nSPS) is 26.8. The van der Waals surface area contributed by atoms with Gasteiger partial charge in [0.15, 0.2) is 0 Å². The van der Waals surface area contributed by atoms with Gasteiger partial charge >= 0.3 is 6.03 Å². The summed E-state index contributed by atoms with van der Waals surface area (Å²) in [6, 6.07) is 0.0856. The molecule has 0 aromatic rings. The van der Waals surface area contributed by atoms with Crippen molar-refractivity contribution in [1.82, 2.24) is 4.90 Å². The molecule has 0 bridgehead atoms. The molecule has 1 fully saturated rings. The molecule has 0 aliphatic carbocycles. The molecule has 1 heterocycles. The van der Waals surface area contributed by atoms with E-state index in [1.54, 1.807) is 4.90 Å². The highest BCUT2D eigenvalue weighted by atomic mass is 16.2. The lowest BCUT2D eigenvalue weighted by molar-refractivity contribution is 0.206. The Kier molecular flexibility index (Phi) is 1.60. The van der Waals surface area contributed by atoms with E-state index >= 15 is 0 Å². The lowest BCUT2D eigenvalue weighted by atomic mass is 10.2. The number of likely N-dealkylation sites (tertiary alicyclic amines) is 1. The summed E-state index contributed by atoms with van der Waals surface area (Å²) in [5.74, 6) is 0. The van der Waals surface area contributed by atoms with Gasteiger partial charge in [-0.15, -0.1) is 0 Å². The van der Waals surface area contributed by atoms with E-state index in [-0.39, 0.29) is 6.03 Å². The fraction of sp³-hybridized carbons (Fsp3) is 0.833. The van der Waals surface area contributed by atoms with Gasteiger partial charge in [-0.2, -0.15) is 0 Å². The number of carbonyl (C=O) groups is 1. The van der Waals surface area contributed by atoms with Crippen LogP contribution in [0.25, 0.3) is 0 Å². The number of amides is 2. The van der Waals surface area contributed by atoms with Gasteiger partial charge in [0.05, 0.1) is 0 Å². The Bertz CT molecular complexity index is 124. The van der Waals surface area contributed by atoms with Crippen LogP contribution in [0.4, 0.5) is 4.79 Å². The average molecular weight is 128 g/mol. The second-order valence-corrected chi connectivity index (χ2v) is 2.52. The first kappa shape index (κ1) is 6.39. The van der Waals surface area contributed by atoms with Gasteiger partial charge in [0.1, 0.15) is 0 Å². The summed E-state index contributed by atoms with van der Waals surface area (Å²) in [5.41, 5.74) is 5.08. The minimum atomic E-state index is -0.278. The van der Waals surface area contributed by atoms with Crippen molar-refractivity contribution < 1.29 is 4.79 Å². The van der Waals surface area contributed by atoms with Crippen LogP contribution < -0.4 is 5.73 Å². The van der Waals surface area contributed by atoms with Crippen molar-refractivity contribution in [2.24, 2.45) is 5.73 Å². The predicted octanol–water partition coefficient (Wildman–Crippen LogP) is 0.549. The molecular formula is C6H12N2O. The van der Waals surface area contributed by atoms with Crippen molar-refractivity contribution in [1.29, 1.82) is 0 Å². The Hall–Kier alpha value is -0.730. The zero-order valence-electron chi connectivity index (χ0n) is 5.63. The number of urea groups is 1. The lowest BCUT2D eigenvalue weighted by Crippen LogP contribution is -2.37. The predicted molar refractivity (Wildman–Crippen MR) is 35.0 cm³/mol.